The van der Waals surface area contributed by atoms with Crippen molar-refractivity contribution in [3.63, 3.8) is 0 Å². The van der Waals surface area contributed by atoms with Crippen LogP contribution in [0.25, 0.3) is 0 Å². The molecule has 0 aromatic heterocycles. The Hall–Kier alpha value is -2.83. The van der Waals surface area contributed by atoms with Crippen LogP contribution in [-0.4, -0.2) is 37.7 Å². The summed E-state index contributed by atoms with van der Waals surface area (Å²) in [4.78, 5) is 13.5. The van der Waals surface area contributed by atoms with Gasteiger partial charge in [-0.05, 0) is 24.3 Å². The zero-order valence-electron chi connectivity index (χ0n) is 13.1. The molecule has 0 aliphatic heterocycles. The predicted octanol–water partition coefficient (Wildman–Crippen LogP) is 3.83. The van der Waals surface area contributed by atoms with Gasteiger partial charge in [0.25, 0.3) is 0 Å². The fraction of sp³-hybridized carbons (Fsp3) is 0.235. The van der Waals surface area contributed by atoms with Crippen molar-refractivity contribution in [2.75, 3.05) is 25.5 Å². The van der Waals surface area contributed by atoms with E-state index in [0.717, 1.165) is 0 Å². The molecule has 0 radical (unpaired) electrons. The lowest BCUT2D eigenvalue weighted by Crippen LogP contribution is -2.34. The Labute approximate surface area is 138 Å². The molecule has 2 aromatic carbocycles. The second kappa shape index (κ2) is 8.71. The molecule has 0 saturated carbocycles. The molecule has 7 heteroatoms. The van der Waals surface area contributed by atoms with Crippen molar-refractivity contribution in [2.24, 2.45) is 0 Å². The molecule has 0 bridgehead atoms. The van der Waals surface area contributed by atoms with Gasteiger partial charge in [0.2, 0.25) is 0 Å². The van der Waals surface area contributed by atoms with Gasteiger partial charge in [0.05, 0.1) is 12.2 Å². The highest BCUT2D eigenvalue weighted by molar-refractivity contribution is 5.90. The minimum Gasteiger partial charge on any atom is -0.492 e. The van der Waals surface area contributed by atoms with Crippen molar-refractivity contribution in [1.29, 1.82) is 0 Å². The van der Waals surface area contributed by atoms with Crippen LogP contribution in [0.1, 0.15) is 0 Å². The molecule has 2 amide bonds. The van der Waals surface area contributed by atoms with Gasteiger partial charge in [0.1, 0.15) is 18.1 Å². The maximum atomic E-state index is 12.4. The summed E-state index contributed by atoms with van der Waals surface area (Å²) in [6.07, 6.45) is 0. The molecule has 0 aliphatic rings. The number of nitrogens with one attached hydrogen (secondary N) is 1. The van der Waals surface area contributed by atoms with E-state index < -0.39 is 12.6 Å². The van der Waals surface area contributed by atoms with Crippen LogP contribution in [-0.2, 0) is 0 Å². The number of para-hydroxylation sites is 3. The third-order valence-electron chi connectivity index (χ3n) is 3.13. The second-order valence-corrected chi connectivity index (χ2v) is 4.89. The van der Waals surface area contributed by atoms with E-state index in [1.54, 1.807) is 19.2 Å². The molecule has 2 aromatic rings. The van der Waals surface area contributed by atoms with E-state index in [9.17, 15) is 13.6 Å². The number of urea groups is 1. The standard InChI is InChI=1S/C17H18F2N2O3/c1-21(11-12-23-13-7-3-2-4-8-13)17(22)20-14-9-5-6-10-15(14)24-16(18)19/h2-10,16H,11-12H2,1H3,(H,20,22). The molecular weight excluding hydrogens is 318 g/mol. The van der Waals surface area contributed by atoms with E-state index in [-0.39, 0.29) is 11.4 Å². The van der Waals surface area contributed by atoms with Crippen LogP contribution in [0.15, 0.2) is 54.6 Å². The van der Waals surface area contributed by atoms with Gasteiger partial charge in [-0.2, -0.15) is 8.78 Å². The summed E-state index contributed by atoms with van der Waals surface area (Å²) >= 11 is 0. The molecule has 0 unspecified atom stereocenters. The number of nitrogens with zero attached hydrogens (tertiary/aromatic N) is 1. The van der Waals surface area contributed by atoms with Gasteiger partial charge in [0.15, 0.2) is 0 Å². The van der Waals surface area contributed by atoms with E-state index in [0.29, 0.717) is 18.9 Å². The fourth-order valence-corrected chi connectivity index (χ4v) is 1.90. The number of halogens is 2. The van der Waals surface area contributed by atoms with Gasteiger partial charge in [-0.3, -0.25) is 0 Å². The zero-order valence-corrected chi connectivity index (χ0v) is 13.1. The van der Waals surface area contributed by atoms with Crippen LogP contribution < -0.4 is 14.8 Å². The number of hydrogen-bond acceptors (Lipinski definition) is 3. The molecule has 0 atom stereocenters. The van der Waals surface area contributed by atoms with Crippen molar-refractivity contribution < 1.29 is 23.0 Å². The molecule has 2 rings (SSSR count). The Bertz CT molecular complexity index is 653. The number of carbonyl (C=O) groups is 1. The lowest BCUT2D eigenvalue weighted by atomic mass is 10.3. The number of ether oxygens (including phenoxy) is 2. The van der Waals surface area contributed by atoms with Crippen LogP contribution >= 0.6 is 0 Å². The van der Waals surface area contributed by atoms with Crippen LogP contribution in [0.3, 0.4) is 0 Å². The average Bonchev–Trinajstić information content (AvgIpc) is 2.57. The summed E-state index contributed by atoms with van der Waals surface area (Å²) < 4.78 is 34.6. The summed E-state index contributed by atoms with van der Waals surface area (Å²) in [6, 6.07) is 14.8. The van der Waals surface area contributed by atoms with Gasteiger partial charge >= 0.3 is 12.6 Å². The van der Waals surface area contributed by atoms with Gasteiger partial charge in [-0.15, -0.1) is 0 Å². The monoisotopic (exact) mass is 336 g/mol. The Kier molecular flexibility index (Phi) is 6.36. The van der Waals surface area contributed by atoms with E-state index in [2.05, 4.69) is 10.1 Å². The molecular formula is C17H18F2N2O3. The maximum Gasteiger partial charge on any atom is 0.387 e. The number of amides is 2. The van der Waals surface area contributed by atoms with E-state index in [1.165, 1.54) is 17.0 Å². The number of benzene rings is 2. The Morgan fingerprint density at radius 2 is 1.79 bits per heavy atom. The van der Waals surface area contributed by atoms with Crippen LogP contribution in [0.5, 0.6) is 11.5 Å². The Morgan fingerprint density at radius 3 is 2.50 bits per heavy atom. The molecule has 0 aliphatic carbocycles. The quantitative estimate of drug-likeness (QED) is 0.836. The van der Waals surface area contributed by atoms with E-state index >= 15 is 0 Å². The smallest absolute Gasteiger partial charge is 0.387 e. The first kappa shape index (κ1) is 17.5. The van der Waals surface area contributed by atoms with Crippen LogP contribution in [0, 0.1) is 0 Å². The fourth-order valence-electron chi connectivity index (χ4n) is 1.90. The van der Waals surface area contributed by atoms with Crippen molar-refractivity contribution >= 4 is 11.7 Å². The highest BCUT2D eigenvalue weighted by atomic mass is 19.3. The number of anilines is 1. The molecule has 0 heterocycles. The topological polar surface area (TPSA) is 50.8 Å². The Morgan fingerprint density at radius 1 is 1.12 bits per heavy atom. The largest absolute Gasteiger partial charge is 0.492 e. The molecule has 128 valence electrons. The number of likely N-dealkylation sites (N-methyl/N-ethyl adjacent to an activating group) is 1. The zero-order chi connectivity index (χ0) is 17.4. The molecule has 0 saturated heterocycles. The molecule has 0 spiro atoms. The first-order chi connectivity index (χ1) is 11.6. The molecule has 1 N–H and O–H groups in total. The highest BCUT2D eigenvalue weighted by Crippen LogP contribution is 2.25. The lowest BCUT2D eigenvalue weighted by molar-refractivity contribution is -0.0493. The molecule has 5 nitrogen and oxygen atoms in total. The summed E-state index contributed by atoms with van der Waals surface area (Å²) in [6.45, 7) is -2.32. The third kappa shape index (κ3) is 5.42. The second-order valence-electron chi connectivity index (χ2n) is 4.89. The first-order valence-corrected chi connectivity index (χ1v) is 7.30. The lowest BCUT2D eigenvalue weighted by Gasteiger charge is -2.19. The van der Waals surface area contributed by atoms with Gasteiger partial charge in [0, 0.05) is 7.05 Å². The maximum absolute atomic E-state index is 12.4. The molecule has 0 fully saturated rings. The SMILES string of the molecule is CN(CCOc1ccccc1)C(=O)Nc1ccccc1OC(F)F. The van der Waals surface area contributed by atoms with Crippen molar-refractivity contribution in [3.8, 4) is 11.5 Å². The van der Waals surface area contributed by atoms with Gasteiger partial charge in [-0.25, -0.2) is 4.79 Å². The van der Waals surface area contributed by atoms with E-state index in [1.807, 2.05) is 30.3 Å². The Balaban J connectivity index is 1.85. The highest BCUT2D eigenvalue weighted by Gasteiger charge is 2.14. The predicted molar refractivity (Wildman–Crippen MR) is 86.7 cm³/mol. The van der Waals surface area contributed by atoms with Gasteiger partial charge in [-0.1, -0.05) is 30.3 Å². The number of alkyl halides is 2. The van der Waals surface area contributed by atoms with Crippen LogP contribution in [0.2, 0.25) is 0 Å². The van der Waals surface area contributed by atoms with Crippen molar-refractivity contribution in [1.82, 2.24) is 4.90 Å². The normalized spacial score (nSPS) is 10.3. The van der Waals surface area contributed by atoms with Crippen molar-refractivity contribution in [3.05, 3.63) is 54.6 Å². The molecule has 24 heavy (non-hydrogen) atoms. The van der Waals surface area contributed by atoms with E-state index in [4.69, 9.17) is 4.74 Å². The van der Waals surface area contributed by atoms with Crippen molar-refractivity contribution in [2.45, 2.75) is 6.61 Å². The average molecular weight is 336 g/mol. The summed E-state index contributed by atoms with van der Waals surface area (Å²) in [7, 11) is 1.58. The third-order valence-corrected chi connectivity index (χ3v) is 3.13. The summed E-state index contributed by atoms with van der Waals surface area (Å²) in [5.41, 5.74) is 0.179. The van der Waals surface area contributed by atoms with Gasteiger partial charge < -0.3 is 19.7 Å². The van der Waals surface area contributed by atoms with Crippen LogP contribution in [0.4, 0.5) is 19.3 Å². The first-order valence-electron chi connectivity index (χ1n) is 7.30. The minimum atomic E-state index is -2.96. The summed E-state index contributed by atoms with van der Waals surface area (Å²) in [5, 5.41) is 2.54. The number of rotatable bonds is 7. The number of hydrogen-bond donors (Lipinski definition) is 1. The summed E-state index contributed by atoms with van der Waals surface area (Å²) in [5.74, 6) is 0.622. The number of carbonyl (C=O) groups excluding carboxylic acids is 1. The minimum absolute atomic E-state index is 0.0882.